The molecule has 0 radical (unpaired) electrons. The second-order valence-electron chi connectivity index (χ2n) is 5.23. The van der Waals surface area contributed by atoms with Gasteiger partial charge in [-0.05, 0) is 19.4 Å². The van der Waals surface area contributed by atoms with Crippen LogP contribution in [0.25, 0.3) is 0 Å². The van der Waals surface area contributed by atoms with Crippen LogP contribution in [-0.4, -0.2) is 33.2 Å². The Morgan fingerprint density at radius 3 is 2.60 bits per heavy atom. The number of aromatic nitrogens is 2. The summed E-state index contributed by atoms with van der Waals surface area (Å²) in [5, 5.41) is 0. The van der Waals surface area contributed by atoms with Crippen LogP contribution in [0.4, 0.5) is 0 Å². The Labute approximate surface area is 124 Å². The van der Waals surface area contributed by atoms with Gasteiger partial charge in [0.1, 0.15) is 0 Å². The van der Waals surface area contributed by atoms with Crippen molar-refractivity contribution in [1.82, 2.24) is 14.0 Å². The van der Waals surface area contributed by atoms with Gasteiger partial charge in [-0.3, -0.25) is 18.8 Å². The van der Waals surface area contributed by atoms with E-state index < -0.39 is 0 Å². The van der Waals surface area contributed by atoms with Crippen molar-refractivity contribution in [2.75, 3.05) is 13.1 Å². The number of hydrogen-bond acceptors (Lipinski definition) is 4. The summed E-state index contributed by atoms with van der Waals surface area (Å²) >= 11 is 0. The molecule has 1 atom stereocenters. The minimum Gasteiger partial charge on any atom is -0.329 e. The van der Waals surface area contributed by atoms with E-state index in [0.29, 0.717) is 19.1 Å². The lowest BCUT2D eigenvalue weighted by Gasteiger charge is -2.35. The fraction of sp³-hybridized carbons (Fsp3) is 0.692. The number of nitrogens with zero attached hydrogens (tertiary/aromatic N) is 3. The molecule has 1 fully saturated rings. The van der Waals surface area contributed by atoms with Crippen molar-refractivity contribution in [2.24, 2.45) is 19.8 Å². The quantitative estimate of drug-likeness (QED) is 0.840. The SMILES string of the molecule is Cl.Cn1c(CN2CCCCC2CN)cc(=O)n(C)c1=O. The maximum atomic E-state index is 11.9. The van der Waals surface area contributed by atoms with Gasteiger partial charge in [0, 0.05) is 45.0 Å². The first kappa shape index (κ1) is 16.9. The molecule has 1 aromatic heterocycles. The first-order chi connectivity index (χ1) is 9.04. The number of piperidine rings is 1. The fourth-order valence-corrected chi connectivity index (χ4v) is 2.67. The number of halogens is 1. The van der Waals surface area contributed by atoms with Gasteiger partial charge in [0.15, 0.2) is 0 Å². The third-order valence-corrected chi connectivity index (χ3v) is 4.01. The van der Waals surface area contributed by atoms with Crippen LogP contribution in [0.2, 0.25) is 0 Å². The Hall–Kier alpha value is -1.11. The van der Waals surface area contributed by atoms with Crippen LogP contribution in [0.3, 0.4) is 0 Å². The van der Waals surface area contributed by atoms with Gasteiger partial charge in [0.2, 0.25) is 0 Å². The van der Waals surface area contributed by atoms with E-state index in [1.54, 1.807) is 17.7 Å². The van der Waals surface area contributed by atoms with Gasteiger partial charge in [0.05, 0.1) is 0 Å². The molecule has 7 heteroatoms. The zero-order chi connectivity index (χ0) is 14.0. The van der Waals surface area contributed by atoms with E-state index in [-0.39, 0.29) is 23.7 Å². The normalized spacial score (nSPS) is 19.6. The first-order valence-electron chi connectivity index (χ1n) is 6.74. The Morgan fingerprint density at radius 2 is 1.95 bits per heavy atom. The Morgan fingerprint density at radius 1 is 1.25 bits per heavy atom. The van der Waals surface area contributed by atoms with Crippen molar-refractivity contribution >= 4 is 12.4 Å². The number of nitrogens with two attached hydrogens (primary N) is 1. The third kappa shape index (κ3) is 3.31. The molecule has 0 bridgehead atoms. The molecule has 0 spiro atoms. The summed E-state index contributed by atoms with van der Waals surface area (Å²) in [5.41, 5.74) is 6.03. The van der Waals surface area contributed by atoms with Gasteiger partial charge in [-0.15, -0.1) is 12.4 Å². The smallest absolute Gasteiger partial charge is 0.329 e. The van der Waals surface area contributed by atoms with Crippen LogP contribution in [-0.2, 0) is 20.6 Å². The molecule has 0 saturated carbocycles. The summed E-state index contributed by atoms with van der Waals surface area (Å²) in [6, 6.07) is 1.90. The van der Waals surface area contributed by atoms with Gasteiger partial charge in [-0.1, -0.05) is 6.42 Å². The predicted molar refractivity (Wildman–Crippen MR) is 81.3 cm³/mol. The summed E-state index contributed by atoms with van der Waals surface area (Å²) in [5.74, 6) is 0. The van der Waals surface area contributed by atoms with Crippen LogP contribution in [0.1, 0.15) is 25.0 Å². The molecule has 2 rings (SSSR count). The second-order valence-corrected chi connectivity index (χ2v) is 5.23. The van der Waals surface area contributed by atoms with Crippen molar-refractivity contribution in [3.8, 4) is 0 Å². The second kappa shape index (κ2) is 7.06. The molecule has 0 aliphatic carbocycles. The standard InChI is InChI=1S/C13H22N4O2.ClH/c1-15-11(7-12(18)16(2)13(15)19)9-17-6-4-3-5-10(17)8-14;/h7,10H,3-6,8-9,14H2,1-2H3;1H. The first-order valence-corrected chi connectivity index (χ1v) is 6.74. The summed E-state index contributed by atoms with van der Waals surface area (Å²) in [4.78, 5) is 25.9. The highest BCUT2D eigenvalue weighted by Crippen LogP contribution is 2.17. The van der Waals surface area contributed by atoms with Gasteiger partial charge in [0.25, 0.3) is 5.56 Å². The highest BCUT2D eigenvalue weighted by Gasteiger charge is 2.22. The maximum absolute atomic E-state index is 11.9. The molecular weight excluding hydrogens is 280 g/mol. The summed E-state index contributed by atoms with van der Waals surface area (Å²) in [6.45, 7) is 2.22. The Kier molecular flexibility index (Phi) is 5.98. The van der Waals surface area contributed by atoms with Crippen LogP contribution < -0.4 is 17.0 Å². The number of hydrogen-bond donors (Lipinski definition) is 1. The molecule has 2 heterocycles. The molecule has 1 saturated heterocycles. The lowest BCUT2D eigenvalue weighted by molar-refractivity contribution is 0.141. The zero-order valence-corrected chi connectivity index (χ0v) is 12.9. The van der Waals surface area contributed by atoms with E-state index in [4.69, 9.17) is 5.73 Å². The number of rotatable bonds is 3. The molecule has 20 heavy (non-hydrogen) atoms. The largest absolute Gasteiger partial charge is 0.330 e. The van der Waals surface area contributed by atoms with E-state index in [2.05, 4.69) is 4.90 Å². The summed E-state index contributed by atoms with van der Waals surface area (Å²) in [7, 11) is 3.20. The summed E-state index contributed by atoms with van der Waals surface area (Å²) < 4.78 is 2.67. The van der Waals surface area contributed by atoms with Gasteiger partial charge in [-0.2, -0.15) is 0 Å². The molecule has 6 nitrogen and oxygen atoms in total. The molecular formula is C13H23ClN4O2. The molecule has 1 aliphatic heterocycles. The molecule has 2 N–H and O–H groups in total. The van der Waals surface area contributed by atoms with Gasteiger partial charge >= 0.3 is 5.69 Å². The lowest BCUT2D eigenvalue weighted by Crippen LogP contribution is -2.45. The summed E-state index contributed by atoms with van der Waals surface area (Å²) in [6.07, 6.45) is 3.44. The van der Waals surface area contributed by atoms with E-state index in [0.717, 1.165) is 29.6 Å². The highest BCUT2D eigenvalue weighted by atomic mass is 35.5. The third-order valence-electron chi connectivity index (χ3n) is 4.01. The zero-order valence-electron chi connectivity index (χ0n) is 12.0. The highest BCUT2D eigenvalue weighted by molar-refractivity contribution is 5.85. The van der Waals surface area contributed by atoms with Crippen LogP contribution in [0.15, 0.2) is 15.7 Å². The monoisotopic (exact) mass is 302 g/mol. The van der Waals surface area contributed by atoms with Crippen LogP contribution >= 0.6 is 12.4 Å². The predicted octanol–water partition coefficient (Wildman–Crippen LogP) is -0.181. The van der Waals surface area contributed by atoms with E-state index in [9.17, 15) is 9.59 Å². The van der Waals surface area contributed by atoms with E-state index in [1.807, 2.05) is 0 Å². The van der Waals surface area contributed by atoms with Crippen LogP contribution in [0.5, 0.6) is 0 Å². The molecule has 1 aromatic rings. The van der Waals surface area contributed by atoms with Crippen molar-refractivity contribution in [3.05, 3.63) is 32.6 Å². The number of likely N-dealkylation sites (tertiary alicyclic amines) is 1. The topological polar surface area (TPSA) is 73.3 Å². The fourth-order valence-electron chi connectivity index (χ4n) is 2.67. The molecule has 1 aliphatic rings. The van der Waals surface area contributed by atoms with Crippen molar-refractivity contribution in [3.63, 3.8) is 0 Å². The minimum atomic E-state index is -0.274. The maximum Gasteiger partial charge on any atom is 0.330 e. The van der Waals surface area contributed by atoms with E-state index in [1.165, 1.54) is 13.5 Å². The van der Waals surface area contributed by atoms with Gasteiger partial charge < -0.3 is 5.73 Å². The van der Waals surface area contributed by atoms with Gasteiger partial charge in [-0.25, -0.2) is 4.79 Å². The van der Waals surface area contributed by atoms with Crippen molar-refractivity contribution in [1.29, 1.82) is 0 Å². The minimum absolute atomic E-state index is 0. The van der Waals surface area contributed by atoms with Crippen molar-refractivity contribution in [2.45, 2.75) is 31.8 Å². The average molecular weight is 303 g/mol. The Bertz CT molecular complexity index is 566. The molecule has 0 aromatic carbocycles. The molecule has 1 unspecified atom stereocenters. The average Bonchev–Trinajstić information content (AvgIpc) is 2.43. The van der Waals surface area contributed by atoms with Crippen LogP contribution in [0, 0.1) is 0 Å². The van der Waals surface area contributed by atoms with Crippen molar-refractivity contribution < 1.29 is 0 Å². The van der Waals surface area contributed by atoms with E-state index >= 15 is 0 Å². The molecule has 114 valence electrons. The molecule has 0 amide bonds. The Balaban J connectivity index is 0.00000200. The lowest BCUT2D eigenvalue weighted by atomic mass is 10.0.